The summed E-state index contributed by atoms with van der Waals surface area (Å²) in [6.45, 7) is 3.82. The average molecular weight is 379 g/mol. The lowest BCUT2D eigenvalue weighted by Gasteiger charge is -2.12. The molecule has 27 heavy (non-hydrogen) atoms. The fourth-order valence-corrected chi connectivity index (χ4v) is 3.48. The van der Waals surface area contributed by atoms with E-state index in [0.29, 0.717) is 5.69 Å². The first-order chi connectivity index (χ1) is 13.1. The Balaban J connectivity index is 1.46. The lowest BCUT2D eigenvalue weighted by Crippen LogP contribution is -2.23. The highest BCUT2D eigenvalue weighted by molar-refractivity contribution is 7.18. The highest BCUT2D eigenvalue weighted by atomic mass is 32.1. The van der Waals surface area contributed by atoms with E-state index in [4.69, 9.17) is 0 Å². The van der Waals surface area contributed by atoms with Crippen LogP contribution in [0.1, 0.15) is 17.8 Å². The number of amides is 1. The van der Waals surface area contributed by atoms with Gasteiger partial charge in [0, 0.05) is 16.3 Å². The zero-order chi connectivity index (χ0) is 18.8. The van der Waals surface area contributed by atoms with Gasteiger partial charge in [0.25, 0.3) is 0 Å². The Hall–Kier alpha value is -3.33. The molecular formula is C18H17N7OS. The van der Waals surface area contributed by atoms with Crippen LogP contribution in [0.5, 0.6) is 0 Å². The lowest BCUT2D eigenvalue weighted by molar-refractivity contribution is -0.119. The van der Waals surface area contributed by atoms with E-state index < -0.39 is 6.04 Å². The molecule has 0 radical (unpaired) electrons. The Labute approximate surface area is 159 Å². The molecule has 0 aliphatic heterocycles. The summed E-state index contributed by atoms with van der Waals surface area (Å²) in [5, 5.41) is 11.2. The van der Waals surface area contributed by atoms with E-state index in [2.05, 4.69) is 36.8 Å². The highest BCUT2D eigenvalue weighted by Gasteiger charge is 2.15. The third-order valence-electron chi connectivity index (χ3n) is 4.08. The molecule has 9 heteroatoms. The molecule has 3 aromatic heterocycles. The first-order valence-corrected chi connectivity index (χ1v) is 9.15. The molecule has 0 spiro atoms. The average Bonchev–Trinajstić information content (AvgIpc) is 3.32. The van der Waals surface area contributed by atoms with Gasteiger partial charge < -0.3 is 10.6 Å². The number of aryl methyl sites for hydroxylation is 1. The number of hydrogen-bond donors (Lipinski definition) is 2. The number of anilines is 3. The van der Waals surface area contributed by atoms with Crippen LogP contribution in [-0.2, 0) is 4.79 Å². The summed E-state index contributed by atoms with van der Waals surface area (Å²) >= 11 is 1.64. The number of thiophene rings is 1. The summed E-state index contributed by atoms with van der Waals surface area (Å²) in [6, 6.07) is 9.09. The second-order valence-electron chi connectivity index (χ2n) is 6.04. The monoisotopic (exact) mass is 379 g/mol. The van der Waals surface area contributed by atoms with E-state index in [1.807, 2.05) is 31.2 Å². The standard InChI is InChI=1S/C18H17N7OS/c1-11-7-15-16(20-9-21-18(15)27-11)23-13-3-5-14(6-4-13)24-17(26)12(2)25-10-19-8-22-25/h3-10,12H,1-2H3,(H,24,26)(H,20,21,23). The minimum Gasteiger partial charge on any atom is -0.340 e. The van der Waals surface area contributed by atoms with Crippen molar-refractivity contribution in [1.82, 2.24) is 24.7 Å². The van der Waals surface area contributed by atoms with Gasteiger partial charge in [-0.1, -0.05) is 0 Å². The van der Waals surface area contributed by atoms with Gasteiger partial charge in [-0.15, -0.1) is 11.3 Å². The smallest absolute Gasteiger partial charge is 0.249 e. The lowest BCUT2D eigenvalue weighted by atomic mass is 10.2. The van der Waals surface area contributed by atoms with Gasteiger partial charge in [-0.2, -0.15) is 5.10 Å². The number of rotatable bonds is 5. The summed E-state index contributed by atoms with van der Waals surface area (Å²) in [7, 11) is 0. The summed E-state index contributed by atoms with van der Waals surface area (Å²) in [6.07, 6.45) is 4.48. The quantitative estimate of drug-likeness (QED) is 0.550. The van der Waals surface area contributed by atoms with E-state index in [1.54, 1.807) is 24.6 Å². The van der Waals surface area contributed by atoms with Crippen molar-refractivity contribution in [3.63, 3.8) is 0 Å². The number of fused-ring (bicyclic) bond motifs is 1. The zero-order valence-corrected chi connectivity index (χ0v) is 15.6. The number of nitrogens with one attached hydrogen (secondary N) is 2. The number of carbonyl (C=O) groups is 1. The van der Waals surface area contributed by atoms with Gasteiger partial charge in [0.05, 0.1) is 5.39 Å². The van der Waals surface area contributed by atoms with Crippen LogP contribution in [0, 0.1) is 6.92 Å². The molecule has 0 aliphatic rings. The SMILES string of the molecule is Cc1cc2c(Nc3ccc(NC(=O)C(C)n4cncn4)cc3)ncnc2s1. The second-order valence-corrected chi connectivity index (χ2v) is 7.28. The minimum absolute atomic E-state index is 0.160. The molecule has 1 aromatic carbocycles. The van der Waals surface area contributed by atoms with Gasteiger partial charge >= 0.3 is 0 Å². The van der Waals surface area contributed by atoms with Gasteiger partial charge in [0.1, 0.15) is 35.7 Å². The number of nitrogens with zero attached hydrogens (tertiary/aromatic N) is 5. The molecular weight excluding hydrogens is 362 g/mol. The number of carbonyl (C=O) groups excluding carboxylic acids is 1. The van der Waals surface area contributed by atoms with Crippen LogP contribution >= 0.6 is 11.3 Å². The molecule has 4 rings (SSSR count). The highest BCUT2D eigenvalue weighted by Crippen LogP contribution is 2.29. The summed E-state index contributed by atoms with van der Waals surface area (Å²) in [4.78, 5) is 26.9. The Morgan fingerprint density at radius 1 is 1.15 bits per heavy atom. The van der Waals surface area contributed by atoms with Crippen LogP contribution in [-0.4, -0.2) is 30.6 Å². The fraction of sp³-hybridized carbons (Fsp3) is 0.167. The van der Waals surface area contributed by atoms with Gasteiger partial charge in [-0.05, 0) is 44.2 Å². The predicted molar refractivity (Wildman–Crippen MR) is 105 cm³/mol. The number of aromatic nitrogens is 5. The third-order valence-corrected chi connectivity index (χ3v) is 5.04. The second kappa shape index (κ2) is 7.12. The van der Waals surface area contributed by atoms with Crippen molar-refractivity contribution in [2.24, 2.45) is 0 Å². The largest absolute Gasteiger partial charge is 0.340 e. The fourth-order valence-electron chi connectivity index (χ4n) is 2.63. The topological polar surface area (TPSA) is 97.6 Å². The third kappa shape index (κ3) is 3.63. The molecule has 2 N–H and O–H groups in total. The van der Waals surface area contributed by atoms with Crippen LogP contribution in [0.3, 0.4) is 0 Å². The predicted octanol–water partition coefficient (Wildman–Crippen LogP) is 3.53. The van der Waals surface area contributed by atoms with Crippen molar-refractivity contribution in [2.75, 3.05) is 10.6 Å². The summed E-state index contributed by atoms with van der Waals surface area (Å²) < 4.78 is 1.51. The van der Waals surface area contributed by atoms with E-state index in [0.717, 1.165) is 21.7 Å². The van der Waals surface area contributed by atoms with Crippen LogP contribution in [0.15, 0.2) is 49.3 Å². The van der Waals surface area contributed by atoms with Crippen molar-refractivity contribution in [3.8, 4) is 0 Å². The Morgan fingerprint density at radius 2 is 1.93 bits per heavy atom. The minimum atomic E-state index is -0.443. The van der Waals surface area contributed by atoms with Crippen molar-refractivity contribution in [2.45, 2.75) is 19.9 Å². The zero-order valence-electron chi connectivity index (χ0n) is 14.7. The molecule has 4 aromatic rings. The maximum Gasteiger partial charge on any atom is 0.249 e. The van der Waals surface area contributed by atoms with E-state index >= 15 is 0 Å². The molecule has 0 saturated carbocycles. The van der Waals surface area contributed by atoms with Gasteiger partial charge in [-0.3, -0.25) is 4.79 Å². The van der Waals surface area contributed by atoms with Gasteiger partial charge in [-0.25, -0.2) is 19.6 Å². The normalized spacial score (nSPS) is 12.1. The van der Waals surface area contributed by atoms with Crippen LogP contribution in [0.2, 0.25) is 0 Å². The number of benzene rings is 1. The molecule has 3 heterocycles. The van der Waals surface area contributed by atoms with Crippen LogP contribution < -0.4 is 10.6 Å². The molecule has 0 saturated heterocycles. The van der Waals surface area contributed by atoms with Crippen molar-refractivity contribution >= 4 is 44.7 Å². The van der Waals surface area contributed by atoms with Crippen molar-refractivity contribution < 1.29 is 4.79 Å². The van der Waals surface area contributed by atoms with Crippen LogP contribution in [0.25, 0.3) is 10.2 Å². The maximum atomic E-state index is 12.3. The molecule has 1 atom stereocenters. The van der Waals surface area contributed by atoms with E-state index in [1.165, 1.54) is 22.2 Å². The van der Waals surface area contributed by atoms with Crippen LogP contribution in [0.4, 0.5) is 17.2 Å². The Bertz CT molecular complexity index is 1070. The van der Waals surface area contributed by atoms with Gasteiger partial charge in [0.2, 0.25) is 5.91 Å². The van der Waals surface area contributed by atoms with Crippen molar-refractivity contribution in [3.05, 3.63) is 54.2 Å². The Kier molecular flexibility index (Phi) is 4.51. The van der Waals surface area contributed by atoms with Crippen molar-refractivity contribution in [1.29, 1.82) is 0 Å². The summed E-state index contributed by atoms with van der Waals surface area (Å²) in [5.41, 5.74) is 1.58. The molecule has 1 unspecified atom stereocenters. The molecule has 1 amide bonds. The molecule has 0 bridgehead atoms. The molecule has 8 nitrogen and oxygen atoms in total. The number of hydrogen-bond acceptors (Lipinski definition) is 7. The summed E-state index contributed by atoms with van der Waals surface area (Å²) in [5.74, 6) is 0.605. The van der Waals surface area contributed by atoms with E-state index in [9.17, 15) is 4.79 Å². The van der Waals surface area contributed by atoms with Gasteiger partial charge in [0.15, 0.2) is 0 Å². The molecule has 0 fully saturated rings. The first-order valence-electron chi connectivity index (χ1n) is 8.33. The van der Waals surface area contributed by atoms with E-state index in [-0.39, 0.29) is 5.91 Å². The maximum absolute atomic E-state index is 12.3. The molecule has 0 aliphatic carbocycles. The molecule has 136 valence electrons. The Morgan fingerprint density at radius 3 is 2.67 bits per heavy atom. The first kappa shape index (κ1) is 17.1.